The van der Waals surface area contributed by atoms with E-state index in [1.165, 1.54) is 16.8 Å². The SMILES string of the molecule is CCN(CC)c1cnn(Cc2ccc(Br)cc2F)c(=O)c1. The largest absolute Gasteiger partial charge is 0.371 e. The molecule has 0 amide bonds. The molecule has 0 aliphatic heterocycles. The lowest BCUT2D eigenvalue weighted by atomic mass is 10.2. The predicted octanol–water partition coefficient (Wildman–Crippen LogP) is 3.04. The summed E-state index contributed by atoms with van der Waals surface area (Å²) in [5, 5.41) is 4.14. The smallest absolute Gasteiger partial charge is 0.269 e. The van der Waals surface area contributed by atoms with Crippen molar-refractivity contribution < 1.29 is 4.39 Å². The van der Waals surface area contributed by atoms with Gasteiger partial charge in [-0.1, -0.05) is 22.0 Å². The van der Waals surface area contributed by atoms with Gasteiger partial charge in [-0.2, -0.15) is 5.10 Å². The summed E-state index contributed by atoms with van der Waals surface area (Å²) in [6, 6.07) is 6.31. The van der Waals surface area contributed by atoms with Gasteiger partial charge in [0.1, 0.15) is 5.82 Å². The number of nitrogens with zero attached hydrogens (tertiary/aromatic N) is 3. The molecule has 1 aromatic heterocycles. The van der Waals surface area contributed by atoms with Crippen molar-refractivity contribution in [2.45, 2.75) is 20.4 Å². The van der Waals surface area contributed by atoms with Crippen LogP contribution < -0.4 is 10.5 Å². The Hall–Kier alpha value is -1.69. The van der Waals surface area contributed by atoms with E-state index in [2.05, 4.69) is 21.0 Å². The Balaban J connectivity index is 2.27. The number of hydrogen-bond donors (Lipinski definition) is 0. The molecule has 4 nitrogen and oxygen atoms in total. The number of rotatable bonds is 5. The van der Waals surface area contributed by atoms with Crippen molar-refractivity contribution in [2.24, 2.45) is 0 Å². The first kappa shape index (κ1) is 15.7. The van der Waals surface area contributed by atoms with E-state index in [1.807, 2.05) is 18.7 Å². The van der Waals surface area contributed by atoms with Crippen LogP contribution in [0.5, 0.6) is 0 Å². The van der Waals surface area contributed by atoms with Crippen molar-refractivity contribution in [3.05, 3.63) is 56.7 Å². The van der Waals surface area contributed by atoms with E-state index in [4.69, 9.17) is 0 Å². The maximum atomic E-state index is 13.8. The third kappa shape index (κ3) is 3.69. The number of halogens is 2. The van der Waals surface area contributed by atoms with E-state index in [1.54, 1.807) is 18.3 Å². The molecule has 2 aromatic rings. The molecule has 0 atom stereocenters. The molecule has 0 fully saturated rings. The number of benzene rings is 1. The number of anilines is 1. The summed E-state index contributed by atoms with van der Waals surface area (Å²) in [4.78, 5) is 14.1. The Morgan fingerprint density at radius 2 is 2.00 bits per heavy atom. The molecule has 112 valence electrons. The third-order valence-electron chi connectivity index (χ3n) is 3.32. The highest BCUT2D eigenvalue weighted by molar-refractivity contribution is 9.10. The zero-order valence-corrected chi connectivity index (χ0v) is 13.6. The Morgan fingerprint density at radius 3 is 2.57 bits per heavy atom. The summed E-state index contributed by atoms with van der Waals surface area (Å²) in [5.74, 6) is -0.356. The van der Waals surface area contributed by atoms with Crippen LogP contribution in [0.3, 0.4) is 0 Å². The number of hydrogen-bond acceptors (Lipinski definition) is 3. The second-order valence-electron chi connectivity index (χ2n) is 4.62. The zero-order chi connectivity index (χ0) is 15.4. The van der Waals surface area contributed by atoms with Crippen LogP contribution in [-0.2, 0) is 6.54 Å². The van der Waals surface area contributed by atoms with Gasteiger partial charge in [-0.3, -0.25) is 4.79 Å². The van der Waals surface area contributed by atoms with E-state index in [-0.39, 0.29) is 17.9 Å². The van der Waals surface area contributed by atoms with Crippen molar-refractivity contribution in [2.75, 3.05) is 18.0 Å². The molecule has 6 heteroatoms. The highest BCUT2D eigenvalue weighted by atomic mass is 79.9. The zero-order valence-electron chi connectivity index (χ0n) is 12.0. The molecular weight excluding hydrogens is 337 g/mol. The maximum Gasteiger partial charge on any atom is 0.269 e. The maximum absolute atomic E-state index is 13.8. The normalized spacial score (nSPS) is 10.7. The fraction of sp³-hybridized carbons (Fsp3) is 0.333. The van der Waals surface area contributed by atoms with E-state index >= 15 is 0 Å². The van der Waals surface area contributed by atoms with Gasteiger partial charge < -0.3 is 4.90 Å². The molecule has 1 heterocycles. The Morgan fingerprint density at radius 1 is 1.29 bits per heavy atom. The molecule has 2 rings (SSSR count). The molecule has 0 N–H and O–H groups in total. The van der Waals surface area contributed by atoms with Crippen LogP contribution in [0.25, 0.3) is 0 Å². The lowest BCUT2D eigenvalue weighted by molar-refractivity contribution is 0.571. The van der Waals surface area contributed by atoms with E-state index in [0.717, 1.165) is 18.8 Å². The molecule has 0 saturated carbocycles. The van der Waals surface area contributed by atoms with Crippen molar-refractivity contribution in [1.29, 1.82) is 0 Å². The summed E-state index contributed by atoms with van der Waals surface area (Å²) < 4.78 is 15.7. The van der Waals surface area contributed by atoms with Gasteiger partial charge in [-0.05, 0) is 26.0 Å². The average molecular weight is 354 g/mol. The predicted molar refractivity (Wildman–Crippen MR) is 85.3 cm³/mol. The highest BCUT2D eigenvalue weighted by Gasteiger charge is 2.08. The minimum atomic E-state index is -0.356. The first-order valence-electron chi connectivity index (χ1n) is 6.81. The van der Waals surface area contributed by atoms with Crippen molar-refractivity contribution in [3.63, 3.8) is 0 Å². The van der Waals surface area contributed by atoms with Crippen LogP contribution in [0.1, 0.15) is 19.4 Å². The number of aromatic nitrogens is 2. The summed E-state index contributed by atoms with van der Waals surface area (Å²) in [5.41, 5.74) is 0.989. The Labute approximate surface area is 131 Å². The summed E-state index contributed by atoms with van der Waals surface area (Å²) in [7, 11) is 0. The third-order valence-corrected chi connectivity index (χ3v) is 3.81. The topological polar surface area (TPSA) is 38.1 Å². The molecule has 0 aliphatic carbocycles. The van der Waals surface area contributed by atoms with Crippen LogP contribution >= 0.6 is 15.9 Å². The van der Waals surface area contributed by atoms with Gasteiger partial charge >= 0.3 is 0 Å². The van der Waals surface area contributed by atoms with Crippen LogP contribution in [0.15, 0.2) is 39.7 Å². The summed E-state index contributed by atoms with van der Waals surface area (Å²) in [6.07, 6.45) is 1.64. The Kier molecular flexibility index (Phi) is 5.12. The van der Waals surface area contributed by atoms with Crippen LogP contribution in [0, 0.1) is 5.82 Å². The van der Waals surface area contributed by atoms with Gasteiger partial charge in [0.2, 0.25) is 0 Å². The minimum Gasteiger partial charge on any atom is -0.371 e. The van der Waals surface area contributed by atoms with Gasteiger partial charge in [0.15, 0.2) is 0 Å². The molecule has 0 saturated heterocycles. The first-order valence-corrected chi connectivity index (χ1v) is 7.60. The second-order valence-corrected chi connectivity index (χ2v) is 5.53. The standard InChI is InChI=1S/C15H17BrFN3O/c1-3-19(4-2)13-8-15(21)20(18-9-13)10-11-5-6-12(16)7-14(11)17/h5-9H,3-4,10H2,1-2H3. The fourth-order valence-corrected chi connectivity index (χ4v) is 2.45. The molecule has 21 heavy (non-hydrogen) atoms. The second kappa shape index (κ2) is 6.85. The van der Waals surface area contributed by atoms with Crippen molar-refractivity contribution in [3.8, 4) is 0 Å². The van der Waals surface area contributed by atoms with Gasteiger partial charge in [0.05, 0.1) is 18.4 Å². The molecule has 1 aromatic carbocycles. The van der Waals surface area contributed by atoms with E-state index < -0.39 is 0 Å². The van der Waals surface area contributed by atoms with Crippen LogP contribution in [-0.4, -0.2) is 22.9 Å². The monoisotopic (exact) mass is 353 g/mol. The lowest BCUT2D eigenvalue weighted by Crippen LogP contribution is -2.28. The van der Waals surface area contributed by atoms with Gasteiger partial charge in [0.25, 0.3) is 5.56 Å². The minimum absolute atomic E-state index is 0.122. The lowest BCUT2D eigenvalue weighted by Gasteiger charge is -2.20. The molecule has 0 aliphatic rings. The Bertz CT molecular complexity index is 683. The van der Waals surface area contributed by atoms with Crippen molar-refractivity contribution in [1.82, 2.24) is 9.78 Å². The first-order chi connectivity index (χ1) is 10.0. The van der Waals surface area contributed by atoms with E-state index in [9.17, 15) is 9.18 Å². The van der Waals surface area contributed by atoms with E-state index in [0.29, 0.717) is 10.0 Å². The van der Waals surface area contributed by atoms with Gasteiger partial charge in [-0.15, -0.1) is 0 Å². The molecule has 0 radical (unpaired) electrons. The average Bonchev–Trinajstić information content (AvgIpc) is 2.45. The quantitative estimate of drug-likeness (QED) is 0.829. The molecular formula is C15H17BrFN3O. The van der Waals surface area contributed by atoms with Crippen LogP contribution in [0.4, 0.5) is 10.1 Å². The van der Waals surface area contributed by atoms with Gasteiger partial charge in [0, 0.05) is 29.2 Å². The van der Waals surface area contributed by atoms with Gasteiger partial charge in [-0.25, -0.2) is 9.07 Å². The summed E-state index contributed by atoms with van der Waals surface area (Å²) >= 11 is 3.21. The summed E-state index contributed by atoms with van der Waals surface area (Å²) in [6.45, 7) is 5.78. The van der Waals surface area contributed by atoms with Crippen LogP contribution in [0.2, 0.25) is 0 Å². The molecule has 0 spiro atoms. The molecule has 0 unspecified atom stereocenters. The van der Waals surface area contributed by atoms with Crippen molar-refractivity contribution >= 4 is 21.6 Å². The molecule has 0 bridgehead atoms. The highest BCUT2D eigenvalue weighted by Crippen LogP contribution is 2.16. The fourth-order valence-electron chi connectivity index (χ4n) is 2.12.